The SMILES string of the molecule is Cc1ccc(CNc2ccc(NS(=O)(=O)c3ccc(C)cc3)nn2)cc1. The van der Waals surface area contributed by atoms with Crippen molar-refractivity contribution in [3.8, 4) is 0 Å². The van der Waals surface area contributed by atoms with Crippen LogP contribution >= 0.6 is 0 Å². The number of aryl methyl sites for hydroxylation is 2. The number of benzene rings is 2. The Balaban J connectivity index is 1.63. The molecule has 0 saturated heterocycles. The topological polar surface area (TPSA) is 84.0 Å². The zero-order valence-electron chi connectivity index (χ0n) is 14.6. The third kappa shape index (κ3) is 4.58. The van der Waals surface area contributed by atoms with E-state index in [2.05, 4.69) is 20.2 Å². The Labute approximate surface area is 153 Å². The third-order valence-corrected chi connectivity index (χ3v) is 5.20. The summed E-state index contributed by atoms with van der Waals surface area (Å²) in [5, 5.41) is 11.1. The summed E-state index contributed by atoms with van der Waals surface area (Å²) < 4.78 is 27.1. The lowest BCUT2D eigenvalue weighted by atomic mass is 10.1. The molecule has 0 aliphatic heterocycles. The van der Waals surface area contributed by atoms with Crippen molar-refractivity contribution < 1.29 is 8.42 Å². The van der Waals surface area contributed by atoms with Crippen LogP contribution in [0.1, 0.15) is 16.7 Å². The summed E-state index contributed by atoms with van der Waals surface area (Å²) >= 11 is 0. The lowest BCUT2D eigenvalue weighted by Crippen LogP contribution is -2.14. The van der Waals surface area contributed by atoms with Gasteiger partial charge in [-0.05, 0) is 43.7 Å². The molecule has 2 aromatic carbocycles. The molecule has 1 heterocycles. The molecule has 3 rings (SSSR count). The van der Waals surface area contributed by atoms with Crippen LogP contribution in [0.2, 0.25) is 0 Å². The van der Waals surface area contributed by atoms with Crippen molar-refractivity contribution >= 4 is 21.7 Å². The molecule has 26 heavy (non-hydrogen) atoms. The molecule has 3 aromatic rings. The number of sulfonamides is 1. The molecule has 7 heteroatoms. The van der Waals surface area contributed by atoms with Gasteiger partial charge in [0.2, 0.25) is 0 Å². The maximum Gasteiger partial charge on any atom is 0.263 e. The first-order valence-electron chi connectivity index (χ1n) is 8.15. The van der Waals surface area contributed by atoms with Gasteiger partial charge in [-0.2, -0.15) is 0 Å². The van der Waals surface area contributed by atoms with Gasteiger partial charge in [-0.3, -0.25) is 4.72 Å². The van der Waals surface area contributed by atoms with Crippen LogP contribution in [0.5, 0.6) is 0 Å². The van der Waals surface area contributed by atoms with E-state index in [0.717, 1.165) is 11.1 Å². The first kappa shape index (κ1) is 17.9. The minimum absolute atomic E-state index is 0.173. The number of hydrogen-bond donors (Lipinski definition) is 2. The highest BCUT2D eigenvalue weighted by Gasteiger charge is 2.14. The molecule has 0 fully saturated rings. The fraction of sp³-hybridized carbons (Fsp3) is 0.158. The standard InChI is InChI=1S/C19H20N4O2S/c1-14-3-7-16(8-4-14)13-20-18-11-12-19(22-21-18)23-26(24,25)17-9-5-15(2)6-10-17/h3-12H,13H2,1-2H3,(H,20,21)(H,22,23). The molecule has 6 nitrogen and oxygen atoms in total. The van der Waals surface area contributed by atoms with Gasteiger partial charge >= 0.3 is 0 Å². The summed E-state index contributed by atoms with van der Waals surface area (Å²) in [6, 6.07) is 18.1. The van der Waals surface area contributed by atoms with Gasteiger partial charge < -0.3 is 5.32 Å². The molecule has 0 spiro atoms. The van der Waals surface area contributed by atoms with Gasteiger partial charge in [0.1, 0.15) is 5.82 Å². The number of nitrogens with one attached hydrogen (secondary N) is 2. The highest BCUT2D eigenvalue weighted by atomic mass is 32.2. The number of aromatic nitrogens is 2. The predicted molar refractivity (Wildman–Crippen MR) is 103 cm³/mol. The number of rotatable bonds is 6. The Bertz CT molecular complexity index is 968. The van der Waals surface area contributed by atoms with E-state index in [1.807, 2.05) is 38.1 Å². The van der Waals surface area contributed by atoms with Gasteiger partial charge in [0.15, 0.2) is 5.82 Å². The highest BCUT2D eigenvalue weighted by molar-refractivity contribution is 7.92. The van der Waals surface area contributed by atoms with Gasteiger partial charge in [-0.1, -0.05) is 47.5 Å². The molecule has 0 saturated carbocycles. The molecule has 0 radical (unpaired) electrons. The predicted octanol–water partition coefficient (Wildman–Crippen LogP) is 3.51. The van der Waals surface area contributed by atoms with Crippen LogP contribution < -0.4 is 10.0 Å². The second-order valence-electron chi connectivity index (χ2n) is 6.06. The Hall–Kier alpha value is -2.93. The normalized spacial score (nSPS) is 11.2. The van der Waals surface area contributed by atoms with E-state index < -0.39 is 10.0 Å². The summed E-state index contributed by atoms with van der Waals surface area (Å²) in [5.41, 5.74) is 3.33. The average molecular weight is 368 g/mol. The van der Waals surface area contributed by atoms with Crippen LogP contribution in [0.4, 0.5) is 11.6 Å². The van der Waals surface area contributed by atoms with Crippen molar-refractivity contribution in [2.45, 2.75) is 25.3 Å². The smallest absolute Gasteiger partial charge is 0.263 e. The van der Waals surface area contributed by atoms with Gasteiger partial charge in [0.25, 0.3) is 10.0 Å². The maximum absolute atomic E-state index is 12.3. The molecule has 134 valence electrons. The van der Waals surface area contributed by atoms with Crippen molar-refractivity contribution in [1.82, 2.24) is 10.2 Å². The minimum atomic E-state index is -3.68. The molecule has 0 amide bonds. The van der Waals surface area contributed by atoms with Crippen LogP contribution in [-0.4, -0.2) is 18.6 Å². The van der Waals surface area contributed by atoms with Gasteiger partial charge in [0.05, 0.1) is 4.90 Å². The summed E-state index contributed by atoms with van der Waals surface area (Å²) in [6.07, 6.45) is 0. The monoisotopic (exact) mass is 368 g/mol. The molecular formula is C19H20N4O2S. The van der Waals surface area contributed by atoms with E-state index in [-0.39, 0.29) is 10.7 Å². The Kier molecular flexibility index (Phi) is 5.18. The van der Waals surface area contributed by atoms with Crippen LogP contribution in [0.3, 0.4) is 0 Å². The van der Waals surface area contributed by atoms with Crippen molar-refractivity contribution in [3.63, 3.8) is 0 Å². The van der Waals surface area contributed by atoms with Crippen molar-refractivity contribution in [2.24, 2.45) is 0 Å². The van der Waals surface area contributed by atoms with E-state index in [1.54, 1.807) is 36.4 Å². The summed E-state index contributed by atoms with van der Waals surface area (Å²) in [7, 11) is -3.68. The molecule has 0 atom stereocenters. The fourth-order valence-corrected chi connectivity index (χ4v) is 3.29. The molecule has 2 N–H and O–H groups in total. The van der Waals surface area contributed by atoms with Gasteiger partial charge in [-0.25, -0.2) is 8.42 Å². The highest BCUT2D eigenvalue weighted by Crippen LogP contribution is 2.15. The van der Waals surface area contributed by atoms with Crippen LogP contribution in [0, 0.1) is 13.8 Å². The van der Waals surface area contributed by atoms with E-state index in [4.69, 9.17) is 0 Å². The molecular weight excluding hydrogens is 348 g/mol. The minimum Gasteiger partial charge on any atom is -0.365 e. The van der Waals surface area contributed by atoms with Crippen LogP contribution in [-0.2, 0) is 16.6 Å². The summed E-state index contributed by atoms with van der Waals surface area (Å²) in [5.74, 6) is 0.746. The van der Waals surface area contributed by atoms with E-state index in [1.165, 1.54) is 5.56 Å². The molecule has 0 aliphatic carbocycles. The van der Waals surface area contributed by atoms with Crippen molar-refractivity contribution in [2.75, 3.05) is 10.0 Å². The zero-order valence-corrected chi connectivity index (χ0v) is 15.4. The number of hydrogen-bond acceptors (Lipinski definition) is 5. The first-order chi connectivity index (χ1) is 12.4. The van der Waals surface area contributed by atoms with Crippen LogP contribution in [0.15, 0.2) is 65.6 Å². The average Bonchev–Trinajstić information content (AvgIpc) is 2.62. The first-order valence-corrected chi connectivity index (χ1v) is 9.63. The molecule has 0 bridgehead atoms. The zero-order chi connectivity index (χ0) is 18.6. The van der Waals surface area contributed by atoms with Gasteiger partial charge in [0, 0.05) is 6.54 Å². The van der Waals surface area contributed by atoms with E-state index in [9.17, 15) is 8.42 Å². The third-order valence-electron chi connectivity index (χ3n) is 3.83. The van der Waals surface area contributed by atoms with E-state index in [0.29, 0.717) is 12.4 Å². The quantitative estimate of drug-likeness (QED) is 0.696. The van der Waals surface area contributed by atoms with Crippen molar-refractivity contribution in [3.05, 3.63) is 77.4 Å². The second-order valence-corrected chi connectivity index (χ2v) is 7.74. The molecule has 0 unspecified atom stereocenters. The molecule has 1 aromatic heterocycles. The molecule has 0 aliphatic rings. The lowest BCUT2D eigenvalue weighted by Gasteiger charge is -2.09. The fourth-order valence-electron chi connectivity index (χ4n) is 2.29. The van der Waals surface area contributed by atoms with Crippen molar-refractivity contribution in [1.29, 1.82) is 0 Å². The Morgan fingerprint density at radius 1 is 0.769 bits per heavy atom. The van der Waals surface area contributed by atoms with Gasteiger partial charge in [-0.15, -0.1) is 10.2 Å². The largest absolute Gasteiger partial charge is 0.365 e. The summed E-state index contributed by atoms with van der Waals surface area (Å²) in [4.78, 5) is 0.187. The van der Waals surface area contributed by atoms with E-state index >= 15 is 0 Å². The van der Waals surface area contributed by atoms with Crippen LogP contribution in [0.25, 0.3) is 0 Å². The second kappa shape index (κ2) is 7.53. The Morgan fingerprint density at radius 2 is 1.31 bits per heavy atom. The summed E-state index contributed by atoms with van der Waals surface area (Å²) in [6.45, 7) is 4.56. The maximum atomic E-state index is 12.3. The Morgan fingerprint density at radius 3 is 1.88 bits per heavy atom. The lowest BCUT2D eigenvalue weighted by molar-refractivity contribution is 0.601. The number of nitrogens with zero attached hydrogens (tertiary/aromatic N) is 2. The number of anilines is 2.